The number of hydrogen-bond donors (Lipinski definition) is 1. The van der Waals surface area contributed by atoms with Gasteiger partial charge in [0.25, 0.3) is 0 Å². The Morgan fingerprint density at radius 1 is 1.37 bits per heavy atom. The summed E-state index contributed by atoms with van der Waals surface area (Å²) in [5.41, 5.74) is 0. The zero-order valence-corrected chi connectivity index (χ0v) is 13.2. The molecule has 0 aliphatic heterocycles. The number of carbonyl (C=O) groups is 1. The monoisotopic (exact) mass is 324 g/mol. The Balaban J connectivity index is 2.51. The van der Waals surface area contributed by atoms with Gasteiger partial charge in [0.1, 0.15) is 0 Å². The van der Waals surface area contributed by atoms with E-state index in [9.17, 15) is 13.2 Å². The van der Waals surface area contributed by atoms with Gasteiger partial charge < -0.3 is 0 Å². The molecule has 0 atom stereocenters. The van der Waals surface area contributed by atoms with E-state index in [1.165, 1.54) is 15.6 Å². The van der Waals surface area contributed by atoms with Gasteiger partial charge >= 0.3 is 10.2 Å². The SMILES string of the molecule is CCN(CC)S(=O)(=O)NC(=O)CCc1ccc(Cl)s1. The standard InChI is InChI=1S/C11H17ClN2O3S2/c1-3-14(4-2)19(16,17)13-11(15)8-6-9-5-7-10(12)18-9/h5,7H,3-4,6,8H2,1-2H3,(H,13,15). The second-order valence-electron chi connectivity index (χ2n) is 3.82. The van der Waals surface area contributed by atoms with Crippen molar-refractivity contribution in [3.05, 3.63) is 21.3 Å². The summed E-state index contributed by atoms with van der Waals surface area (Å²) in [5, 5.41) is 0. The minimum atomic E-state index is -3.71. The molecule has 108 valence electrons. The predicted molar refractivity (Wildman–Crippen MR) is 77.6 cm³/mol. The van der Waals surface area contributed by atoms with Crippen LogP contribution in [-0.4, -0.2) is 31.7 Å². The summed E-state index contributed by atoms with van der Waals surface area (Å²) in [6, 6.07) is 3.59. The summed E-state index contributed by atoms with van der Waals surface area (Å²) in [4.78, 5) is 12.6. The lowest BCUT2D eigenvalue weighted by molar-refractivity contribution is -0.119. The van der Waals surface area contributed by atoms with Crippen LogP contribution in [0.1, 0.15) is 25.1 Å². The van der Waals surface area contributed by atoms with Gasteiger partial charge in [-0.15, -0.1) is 11.3 Å². The van der Waals surface area contributed by atoms with Crippen LogP contribution in [0.5, 0.6) is 0 Å². The smallest absolute Gasteiger partial charge is 0.274 e. The van der Waals surface area contributed by atoms with E-state index >= 15 is 0 Å². The van der Waals surface area contributed by atoms with Crippen LogP contribution in [0.2, 0.25) is 4.34 Å². The van der Waals surface area contributed by atoms with Crippen molar-refractivity contribution in [2.24, 2.45) is 0 Å². The Bertz CT molecular complexity index is 524. The fourth-order valence-electron chi connectivity index (χ4n) is 1.55. The first-order valence-corrected chi connectivity index (χ1v) is 8.57. The number of amides is 1. The van der Waals surface area contributed by atoms with Crippen molar-refractivity contribution in [2.75, 3.05) is 13.1 Å². The van der Waals surface area contributed by atoms with E-state index in [1.807, 2.05) is 6.07 Å². The van der Waals surface area contributed by atoms with Gasteiger partial charge in [-0.2, -0.15) is 12.7 Å². The lowest BCUT2D eigenvalue weighted by atomic mass is 10.2. The molecule has 0 saturated heterocycles. The number of halogens is 1. The number of carbonyl (C=O) groups excluding carboxylic acids is 1. The van der Waals surface area contributed by atoms with E-state index in [1.54, 1.807) is 19.9 Å². The number of nitrogens with one attached hydrogen (secondary N) is 1. The van der Waals surface area contributed by atoms with Gasteiger partial charge in [-0.05, 0) is 18.6 Å². The van der Waals surface area contributed by atoms with Gasteiger partial charge in [0.2, 0.25) is 5.91 Å². The van der Waals surface area contributed by atoms with Crippen LogP contribution in [0.25, 0.3) is 0 Å². The predicted octanol–water partition coefficient (Wildman–Crippen LogP) is 2.04. The molecule has 0 aliphatic rings. The topological polar surface area (TPSA) is 66.5 Å². The quantitative estimate of drug-likeness (QED) is 0.834. The molecule has 1 aromatic rings. The molecular weight excluding hydrogens is 308 g/mol. The summed E-state index contributed by atoms with van der Waals surface area (Å²) in [7, 11) is -3.71. The zero-order chi connectivity index (χ0) is 14.5. The van der Waals surface area contributed by atoms with Gasteiger partial charge in [-0.3, -0.25) is 4.79 Å². The molecule has 0 fully saturated rings. The maximum absolute atomic E-state index is 11.8. The molecule has 1 amide bonds. The van der Waals surface area contributed by atoms with Crippen LogP contribution in [0.4, 0.5) is 0 Å². The normalized spacial score (nSPS) is 11.8. The Kier molecular flexibility index (Phi) is 6.25. The molecule has 0 aliphatic carbocycles. The number of rotatable bonds is 7. The van der Waals surface area contributed by atoms with Crippen LogP contribution in [0, 0.1) is 0 Å². The molecule has 5 nitrogen and oxygen atoms in total. The fourth-order valence-corrected chi connectivity index (χ4v) is 3.83. The Morgan fingerprint density at radius 3 is 2.47 bits per heavy atom. The average molecular weight is 325 g/mol. The molecule has 0 aromatic carbocycles. The minimum Gasteiger partial charge on any atom is -0.274 e. The van der Waals surface area contributed by atoms with E-state index in [0.29, 0.717) is 23.8 Å². The van der Waals surface area contributed by atoms with Crippen LogP contribution < -0.4 is 4.72 Å². The fraction of sp³-hybridized carbons (Fsp3) is 0.545. The molecule has 0 spiro atoms. The van der Waals surface area contributed by atoms with Crippen LogP contribution in [0.15, 0.2) is 12.1 Å². The van der Waals surface area contributed by atoms with E-state index in [-0.39, 0.29) is 6.42 Å². The highest BCUT2D eigenvalue weighted by atomic mass is 35.5. The summed E-state index contributed by atoms with van der Waals surface area (Å²) in [6.45, 7) is 4.11. The first kappa shape index (κ1) is 16.4. The lowest BCUT2D eigenvalue weighted by Crippen LogP contribution is -2.43. The first-order chi connectivity index (χ1) is 8.89. The van der Waals surface area contributed by atoms with Crippen LogP contribution in [0.3, 0.4) is 0 Å². The highest BCUT2D eigenvalue weighted by Gasteiger charge is 2.20. The summed E-state index contributed by atoms with van der Waals surface area (Å²) >= 11 is 7.17. The van der Waals surface area contributed by atoms with Crippen molar-refractivity contribution >= 4 is 39.1 Å². The highest BCUT2D eigenvalue weighted by Crippen LogP contribution is 2.22. The molecule has 19 heavy (non-hydrogen) atoms. The van der Waals surface area contributed by atoms with Crippen LogP contribution in [-0.2, 0) is 21.4 Å². The largest absolute Gasteiger partial charge is 0.303 e. The maximum atomic E-state index is 11.8. The molecule has 8 heteroatoms. The second-order valence-corrected chi connectivity index (χ2v) is 7.29. The van der Waals surface area contributed by atoms with Crippen LogP contribution >= 0.6 is 22.9 Å². The van der Waals surface area contributed by atoms with Gasteiger partial charge in [-0.1, -0.05) is 25.4 Å². The molecule has 1 N–H and O–H groups in total. The summed E-state index contributed by atoms with van der Waals surface area (Å²) < 4.78 is 27.5. The van der Waals surface area contributed by atoms with Gasteiger partial charge in [0.05, 0.1) is 4.34 Å². The van der Waals surface area contributed by atoms with E-state index < -0.39 is 16.1 Å². The van der Waals surface area contributed by atoms with Gasteiger partial charge in [0, 0.05) is 24.4 Å². The summed E-state index contributed by atoms with van der Waals surface area (Å²) in [5.74, 6) is -0.503. The maximum Gasteiger partial charge on any atom is 0.303 e. The van der Waals surface area contributed by atoms with Gasteiger partial charge in [0.15, 0.2) is 0 Å². The number of nitrogens with zero attached hydrogens (tertiary/aromatic N) is 1. The van der Waals surface area contributed by atoms with Crippen molar-refractivity contribution in [1.29, 1.82) is 0 Å². The average Bonchev–Trinajstić information content (AvgIpc) is 2.73. The van der Waals surface area contributed by atoms with E-state index in [0.717, 1.165) is 4.88 Å². The zero-order valence-electron chi connectivity index (χ0n) is 10.8. The highest BCUT2D eigenvalue weighted by molar-refractivity contribution is 7.87. The molecular formula is C11H17ClN2O3S2. The van der Waals surface area contributed by atoms with E-state index in [4.69, 9.17) is 11.6 Å². The Hall–Kier alpha value is -0.630. The minimum absolute atomic E-state index is 0.122. The third-order valence-electron chi connectivity index (χ3n) is 2.52. The van der Waals surface area contributed by atoms with Crippen molar-refractivity contribution < 1.29 is 13.2 Å². The summed E-state index contributed by atoms with van der Waals surface area (Å²) in [6.07, 6.45) is 0.605. The van der Waals surface area contributed by atoms with Crippen molar-refractivity contribution in [3.8, 4) is 0 Å². The molecule has 0 bridgehead atoms. The molecule has 1 heterocycles. The van der Waals surface area contributed by atoms with Crippen molar-refractivity contribution in [3.63, 3.8) is 0 Å². The Labute approximate surface area is 122 Å². The molecule has 1 aromatic heterocycles. The molecule has 0 radical (unpaired) electrons. The number of aryl methyl sites for hydroxylation is 1. The van der Waals surface area contributed by atoms with E-state index in [2.05, 4.69) is 4.72 Å². The van der Waals surface area contributed by atoms with Crippen molar-refractivity contribution in [2.45, 2.75) is 26.7 Å². The Morgan fingerprint density at radius 2 is 2.00 bits per heavy atom. The number of hydrogen-bond acceptors (Lipinski definition) is 4. The molecule has 1 rings (SSSR count). The number of thiophene rings is 1. The lowest BCUT2D eigenvalue weighted by Gasteiger charge is -2.18. The first-order valence-electron chi connectivity index (χ1n) is 5.94. The molecule has 0 saturated carbocycles. The second kappa shape index (κ2) is 7.23. The third kappa shape index (κ3) is 5.10. The van der Waals surface area contributed by atoms with Crippen molar-refractivity contribution in [1.82, 2.24) is 9.03 Å². The molecule has 0 unspecified atom stereocenters. The van der Waals surface area contributed by atoms with Gasteiger partial charge in [-0.25, -0.2) is 4.72 Å². The third-order valence-corrected chi connectivity index (χ3v) is 5.49.